The van der Waals surface area contributed by atoms with Crippen LogP contribution in [0.2, 0.25) is 0 Å². The van der Waals surface area contributed by atoms with Gasteiger partial charge in [0.05, 0.1) is 0 Å². The third kappa shape index (κ3) is 5.11. The van der Waals surface area contributed by atoms with Gasteiger partial charge >= 0.3 is 22.6 Å². The summed E-state index contributed by atoms with van der Waals surface area (Å²) < 4.78 is 136. The van der Waals surface area contributed by atoms with Crippen molar-refractivity contribution in [3.63, 3.8) is 0 Å². The average molecular weight is 455 g/mol. The van der Waals surface area contributed by atoms with Gasteiger partial charge in [0, 0.05) is 12.8 Å². The van der Waals surface area contributed by atoms with Crippen LogP contribution in [0.4, 0.5) is 35.1 Å². The van der Waals surface area contributed by atoms with E-state index in [0.29, 0.717) is 18.2 Å². The van der Waals surface area contributed by atoms with Crippen molar-refractivity contribution in [3.8, 4) is 0 Å². The zero-order chi connectivity index (χ0) is 20.8. The molecule has 1 aromatic carbocycles. The second kappa shape index (κ2) is 6.95. The van der Waals surface area contributed by atoms with Crippen LogP contribution in [0, 0.1) is 0 Å². The summed E-state index contributed by atoms with van der Waals surface area (Å²) in [6.45, 7) is 0. The largest absolute Gasteiger partial charge is 0.384 e. The predicted molar refractivity (Wildman–Crippen MR) is 75.2 cm³/mol. The Bertz CT molecular complexity index is 725. The van der Waals surface area contributed by atoms with Gasteiger partial charge in [0.15, 0.2) is 0 Å². The number of hydrogen-bond donors (Lipinski definition) is 1. The quantitative estimate of drug-likeness (QED) is 0.360. The maximum atomic E-state index is 13.4. The Morgan fingerprint density at radius 1 is 0.808 bits per heavy atom. The summed E-state index contributed by atoms with van der Waals surface area (Å²) in [7, 11) is -5.54. The highest BCUT2D eigenvalue weighted by Crippen LogP contribution is 2.43. The van der Waals surface area contributed by atoms with Crippen molar-refractivity contribution in [2.24, 2.45) is 0 Å². The van der Waals surface area contributed by atoms with Crippen molar-refractivity contribution in [3.05, 3.63) is 29.3 Å². The molecule has 0 fully saturated rings. The van der Waals surface area contributed by atoms with Gasteiger partial charge in [-0.15, -0.1) is 0 Å². The molecular formula is C12H8Cl2F8O3S. The molecule has 1 N–H and O–H groups in total. The Kier molecular flexibility index (Phi) is 6.20. The number of halogens is 10. The minimum atomic E-state index is -5.54. The van der Waals surface area contributed by atoms with E-state index < -0.39 is 61.6 Å². The minimum absolute atomic E-state index is 0.500. The molecule has 0 aromatic heterocycles. The fourth-order valence-electron chi connectivity index (χ4n) is 1.93. The van der Waals surface area contributed by atoms with Gasteiger partial charge in [0.2, 0.25) is 0 Å². The fourth-order valence-corrected chi connectivity index (χ4v) is 3.00. The first-order valence-corrected chi connectivity index (χ1v) is 8.46. The lowest BCUT2D eigenvalue weighted by atomic mass is 10.0. The lowest BCUT2D eigenvalue weighted by Gasteiger charge is -2.24. The number of alkyl halides is 10. The van der Waals surface area contributed by atoms with Gasteiger partial charge in [-0.25, -0.2) is 0 Å². The highest BCUT2D eigenvalue weighted by Gasteiger charge is 2.57. The number of hydrogen-bond acceptors (Lipinski definition) is 2. The molecule has 14 heteroatoms. The van der Waals surface area contributed by atoms with Gasteiger partial charge in [-0.1, -0.05) is 18.2 Å². The summed E-state index contributed by atoms with van der Waals surface area (Å²) in [6.07, 6.45) is -4.18. The van der Waals surface area contributed by atoms with E-state index in [1.807, 2.05) is 0 Å². The van der Waals surface area contributed by atoms with E-state index in [9.17, 15) is 43.5 Å². The van der Waals surface area contributed by atoms with Crippen LogP contribution in [0.15, 0.2) is 23.1 Å². The van der Waals surface area contributed by atoms with Crippen LogP contribution in [-0.4, -0.2) is 35.6 Å². The highest BCUT2D eigenvalue weighted by atomic mass is 35.5. The summed E-state index contributed by atoms with van der Waals surface area (Å²) in [6, 6.07) is 1.67. The van der Waals surface area contributed by atoms with E-state index in [-0.39, 0.29) is 0 Å². The van der Waals surface area contributed by atoms with Gasteiger partial charge in [-0.2, -0.15) is 43.5 Å². The molecule has 0 amide bonds. The molecule has 0 atom stereocenters. The first-order valence-electron chi connectivity index (χ1n) is 6.27. The molecule has 0 aliphatic rings. The molecule has 0 spiro atoms. The van der Waals surface area contributed by atoms with Crippen LogP contribution < -0.4 is 0 Å². The van der Waals surface area contributed by atoms with Crippen molar-refractivity contribution >= 4 is 33.3 Å². The molecule has 1 rings (SSSR count). The molecular weight excluding hydrogens is 447 g/mol. The first kappa shape index (κ1) is 23.2. The summed E-state index contributed by atoms with van der Waals surface area (Å²) in [5.74, 6) is -10.1. The Balaban J connectivity index is 3.54. The standard InChI is InChI=1S/C12H8Cl2F8O3S/c13-11(19,20)9(15,16)4-6-2-1-3-7(8(6)26(23,24)25)5-10(17,18)12(14,21)22/h1-3H,4-5H2,(H,23,24,25). The Labute approximate surface area is 151 Å². The highest BCUT2D eigenvalue weighted by molar-refractivity contribution is 7.86. The third-order valence-electron chi connectivity index (χ3n) is 3.09. The van der Waals surface area contributed by atoms with E-state index in [1.165, 1.54) is 0 Å². The van der Waals surface area contributed by atoms with Crippen molar-refractivity contribution in [2.45, 2.75) is 40.3 Å². The molecule has 0 radical (unpaired) electrons. The second-order valence-corrected chi connectivity index (χ2v) is 7.45. The smallest absolute Gasteiger partial charge is 0.282 e. The molecule has 0 heterocycles. The summed E-state index contributed by atoms with van der Waals surface area (Å²) >= 11 is 8.43. The molecule has 0 saturated carbocycles. The molecule has 150 valence electrons. The zero-order valence-electron chi connectivity index (χ0n) is 12.1. The number of benzene rings is 1. The second-order valence-electron chi connectivity index (χ2n) is 5.14. The SMILES string of the molecule is O=S(=O)(O)c1c(CC(F)(F)C(F)(F)Cl)cccc1CC(F)(F)C(F)(F)Cl. The third-order valence-corrected chi connectivity index (χ3v) is 4.68. The maximum absolute atomic E-state index is 13.4. The predicted octanol–water partition coefficient (Wildman–Crippen LogP) is 4.95. The monoisotopic (exact) mass is 454 g/mol. The van der Waals surface area contributed by atoms with Crippen LogP contribution >= 0.6 is 23.2 Å². The van der Waals surface area contributed by atoms with Crippen molar-refractivity contribution in [1.82, 2.24) is 0 Å². The van der Waals surface area contributed by atoms with Crippen molar-refractivity contribution in [1.29, 1.82) is 0 Å². The average Bonchev–Trinajstić information content (AvgIpc) is 2.33. The molecule has 0 aliphatic carbocycles. The Hall–Kier alpha value is -0.850. The van der Waals surface area contributed by atoms with Crippen LogP contribution in [0.3, 0.4) is 0 Å². The number of rotatable bonds is 7. The fraction of sp³-hybridized carbons (Fsp3) is 0.500. The normalized spacial score (nSPS) is 14.6. The van der Waals surface area contributed by atoms with E-state index in [0.717, 1.165) is 0 Å². The van der Waals surface area contributed by atoms with E-state index in [4.69, 9.17) is 4.55 Å². The molecule has 0 unspecified atom stereocenters. The van der Waals surface area contributed by atoms with Crippen LogP contribution in [0.5, 0.6) is 0 Å². The molecule has 26 heavy (non-hydrogen) atoms. The molecule has 1 aromatic rings. The van der Waals surface area contributed by atoms with Crippen molar-refractivity contribution in [2.75, 3.05) is 0 Å². The Morgan fingerprint density at radius 2 is 1.12 bits per heavy atom. The Morgan fingerprint density at radius 3 is 1.35 bits per heavy atom. The van der Waals surface area contributed by atoms with E-state index in [1.54, 1.807) is 0 Å². The topological polar surface area (TPSA) is 54.4 Å². The van der Waals surface area contributed by atoms with Crippen LogP contribution in [0.1, 0.15) is 11.1 Å². The lowest BCUT2D eigenvalue weighted by Crippen LogP contribution is -2.39. The molecule has 3 nitrogen and oxygen atoms in total. The maximum Gasteiger partial charge on any atom is 0.384 e. The van der Waals surface area contributed by atoms with Gasteiger partial charge in [-0.05, 0) is 34.3 Å². The van der Waals surface area contributed by atoms with E-state index >= 15 is 0 Å². The van der Waals surface area contributed by atoms with Gasteiger partial charge in [0.25, 0.3) is 10.1 Å². The van der Waals surface area contributed by atoms with E-state index in [2.05, 4.69) is 23.2 Å². The van der Waals surface area contributed by atoms with Gasteiger partial charge in [-0.3, -0.25) is 4.55 Å². The molecule has 0 bridgehead atoms. The van der Waals surface area contributed by atoms with Gasteiger partial charge < -0.3 is 0 Å². The summed E-state index contributed by atoms with van der Waals surface area (Å²) in [5.41, 5.74) is -2.46. The van der Waals surface area contributed by atoms with Crippen molar-refractivity contribution < 1.29 is 48.1 Å². The zero-order valence-corrected chi connectivity index (χ0v) is 14.4. The minimum Gasteiger partial charge on any atom is -0.282 e. The lowest BCUT2D eigenvalue weighted by molar-refractivity contribution is -0.157. The first-order chi connectivity index (χ1) is 11.3. The molecule has 0 saturated heterocycles. The summed E-state index contributed by atoms with van der Waals surface area (Å²) in [4.78, 5) is -1.64. The van der Waals surface area contributed by atoms with Gasteiger partial charge in [0.1, 0.15) is 4.90 Å². The molecule has 0 aliphatic heterocycles. The summed E-state index contributed by atoms with van der Waals surface area (Å²) in [5, 5.41) is -10.3. The van der Waals surface area contributed by atoms with Crippen LogP contribution in [-0.2, 0) is 23.0 Å². The van der Waals surface area contributed by atoms with Crippen LogP contribution in [0.25, 0.3) is 0 Å².